The van der Waals surface area contributed by atoms with E-state index in [1.54, 1.807) is 32.2 Å². The highest BCUT2D eigenvalue weighted by Gasteiger charge is 2.27. The minimum Gasteiger partial charge on any atom is -0.447 e. The maximum Gasteiger partial charge on any atom is 0.411 e. The third kappa shape index (κ3) is 9.43. The number of carbonyl (C=O) groups is 2. The first kappa shape index (κ1) is 31.8. The van der Waals surface area contributed by atoms with Crippen LogP contribution in [-0.2, 0) is 19.5 Å². The quantitative estimate of drug-likeness (QED) is 0.338. The number of likely N-dealkylation sites (N-methyl/N-ethyl adjacent to an activating group) is 1. The van der Waals surface area contributed by atoms with Crippen molar-refractivity contribution in [1.29, 1.82) is 0 Å². The number of ether oxygens (including phenoxy) is 2. The van der Waals surface area contributed by atoms with Crippen molar-refractivity contribution in [3.8, 4) is 10.4 Å². The Morgan fingerprint density at radius 1 is 1.05 bits per heavy atom. The van der Waals surface area contributed by atoms with Gasteiger partial charge in [0.25, 0.3) is 0 Å². The monoisotopic (exact) mass is 595 g/mol. The average molecular weight is 596 g/mol. The van der Waals surface area contributed by atoms with Gasteiger partial charge >= 0.3 is 12.2 Å². The topological polar surface area (TPSA) is 139 Å². The molecule has 1 aliphatic carbocycles. The van der Waals surface area contributed by atoms with Crippen LogP contribution in [0.5, 0.6) is 0 Å². The molecule has 0 spiro atoms. The van der Waals surface area contributed by atoms with Gasteiger partial charge in [0, 0.05) is 42.5 Å². The van der Waals surface area contributed by atoms with E-state index >= 15 is 0 Å². The second-order valence-electron chi connectivity index (χ2n) is 10.7. The summed E-state index contributed by atoms with van der Waals surface area (Å²) in [5.41, 5.74) is 0.824. The third-order valence-electron chi connectivity index (χ3n) is 6.24. The molecule has 1 aromatic heterocycles. The summed E-state index contributed by atoms with van der Waals surface area (Å²) in [7, 11) is -0.171. The Kier molecular flexibility index (Phi) is 11.3. The van der Waals surface area contributed by atoms with Gasteiger partial charge in [0.15, 0.2) is 0 Å². The van der Waals surface area contributed by atoms with Crippen LogP contribution in [-0.4, -0.2) is 75.9 Å². The predicted molar refractivity (Wildman–Crippen MR) is 156 cm³/mol. The SMILES string of the molecule is CC(C)OC(=O)Nc1ccc(-c2cnc(C3CCC(NC(=O)OC(C)C)CC3)s2)c(S(=O)(=O)NCCN(C)C)c1. The summed E-state index contributed by atoms with van der Waals surface area (Å²) in [5, 5.41) is 6.48. The van der Waals surface area contributed by atoms with Crippen LogP contribution in [0.3, 0.4) is 0 Å². The van der Waals surface area contributed by atoms with Gasteiger partial charge in [0.2, 0.25) is 10.0 Å². The Morgan fingerprint density at radius 2 is 1.70 bits per heavy atom. The Balaban J connectivity index is 1.79. The van der Waals surface area contributed by atoms with Crippen molar-refractivity contribution >= 4 is 39.2 Å². The number of nitrogens with zero attached hydrogens (tertiary/aromatic N) is 2. The van der Waals surface area contributed by atoms with Crippen molar-refractivity contribution in [1.82, 2.24) is 19.9 Å². The molecule has 1 fully saturated rings. The molecule has 3 rings (SSSR count). The highest BCUT2D eigenvalue weighted by molar-refractivity contribution is 7.89. The van der Waals surface area contributed by atoms with Crippen LogP contribution in [0.2, 0.25) is 0 Å². The summed E-state index contributed by atoms with van der Waals surface area (Å²) < 4.78 is 39.8. The molecule has 1 saturated carbocycles. The van der Waals surface area contributed by atoms with Crippen molar-refractivity contribution in [2.75, 3.05) is 32.5 Å². The van der Waals surface area contributed by atoms with E-state index in [9.17, 15) is 18.0 Å². The van der Waals surface area contributed by atoms with Crippen LogP contribution >= 0.6 is 11.3 Å². The van der Waals surface area contributed by atoms with E-state index in [-0.39, 0.29) is 35.6 Å². The fourth-order valence-corrected chi connectivity index (χ4v) is 6.83. The molecule has 0 atom stereocenters. The lowest BCUT2D eigenvalue weighted by atomic mass is 9.86. The predicted octanol–water partition coefficient (Wildman–Crippen LogP) is 4.77. The second-order valence-corrected chi connectivity index (χ2v) is 13.5. The molecule has 13 heteroatoms. The Labute approximate surface area is 241 Å². The minimum atomic E-state index is -3.90. The second kappa shape index (κ2) is 14.2. The Bertz CT molecular complexity index is 1250. The standard InChI is InChI=1S/C27H41N5O6S2/c1-17(2)37-26(33)30-20-9-7-19(8-10-20)25-28-16-23(39-25)22-12-11-21(31-27(34)38-18(3)4)15-24(22)40(35,36)29-13-14-32(5)6/h11-12,15-20,29H,7-10,13-14H2,1-6H3,(H,30,33)(H,31,34). The summed E-state index contributed by atoms with van der Waals surface area (Å²) in [6, 6.07) is 4.85. The van der Waals surface area contributed by atoms with E-state index in [4.69, 9.17) is 9.47 Å². The van der Waals surface area contributed by atoms with Crippen molar-refractivity contribution in [2.45, 2.75) is 82.4 Å². The first-order chi connectivity index (χ1) is 18.8. The summed E-state index contributed by atoms with van der Waals surface area (Å²) in [6.45, 7) is 7.87. The van der Waals surface area contributed by atoms with Crippen LogP contribution in [0.1, 0.15) is 64.3 Å². The molecule has 0 saturated heterocycles. The lowest BCUT2D eigenvalue weighted by molar-refractivity contribution is 0.109. The van der Waals surface area contributed by atoms with Crippen LogP contribution in [0.25, 0.3) is 10.4 Å². The molecule has 2 aromatic rings. The molecule has 1 heterocycles. The van der Waals surface area contributed by atoms with Crippen LogP contribution in [0, 0.1) is 0 Å². The summed E-state index contributed by atoms with van der Waals surface area (Å²) in [6.07, 6.45) is 3.52. The zero-order valence-corrected chi connectivity index (χ0v) is 25.7. The van der Waals surface area contributed by atoms with Crippen molar-refractivity contribution in [2.24, 2.45) is 0 Å². The fourth-order valence-electron chi connectivity index (χ4n) is 4.37. The van der Waals surface area contributed by atoms with Crippen LogP contribution in [0.4, 0.5) is 15.3 Å². The molecule has 40 heavy (non-hydrogen) atoms. The summed E-state index contributed by atoms with van der Waals surface area (Å²) in [4.78, 5) is 31.4. The minimum absolute atomic E-state index is 0.0559. The van der Waals surface area contributed by atoms with Crippen LogP contribution < -0.4 is 15.4 Å². The molecular formula is C27H41N5O6S2. The molecule has 3 N–H and O–H groups in total. The van der Waals surface area contributed by atoms with Gasteiger partial charge in [0.05, 0.1) is 27.0 Å². The number of nitrogens with one attached hydrogen (secondary N) is 3. The maximum absolute atomic E-state index is 13.4. The van der Waals surface area contributed by atoms with E-state index in [0.717, 1.165) is 35.6 Å². The van der Waals surface area contributed by atoms with Gasteiger partial charge in [0.1, 0.15) is 0 Å². The fraction of sp³-hybridized carbons (Fsp3) is 0.593. The molecule has 1 aliphatic rings. The number of alkyl carbamates (subject to hydrolysis) is 1. The Morgan fingerprint density at radius 3 is 2.33 bits per heavy atom. The highest BCUT2D eigenvalue weighted by atomic mass is 32.2. The van der Waals surface area contributed by atoms with Gasteiger partial charge in [-0.3, -0.25) is 5.32 Å². The lowest BCUT2D eigenvalue weighted by Crippen LogP contribution is -2.38. The lowest BCUT2D eigenvalue weighted by Gasteiger charge is -2.28. The number of anilines is 1. The van der Waals surface area contributed by atoms with Gasteiger partial charge in [-0.1, -0.05) is 6.07 Å². The number of hydrogen-bond donors (Lipinski definition) is 3. The largest absolute Gasteiger partial charge is 0.447 e. The summed E-state index contributed by atoms with van der Waals surface area (Å²) in [5.74, 6) is 0.225. The average Bonchev–Trinajstić information content (AvgIpc) is 3.33. The molecule has 222 valence electrons. The number of carbonyl (C=O) groups excluding carboxylic acids is 2. The molecule has 0 aliphatic heterocycles. The number of aromatic nitrogens is 1. The van der Waals surface area contributed by atoms with E-state index in [0.29, 0.717) is 17.8 Å². The van der Waals surface area contributed by atoms with Gasteiger partial charge in [-0.05, 0) is 79.6 Å². The molecule has 0 radical (unpaired) electrons. The number of benzene rings is 1. The molecule has 0 bridgehead atoms. The zero-order chi connectivity index (χ0) is 29.4. The van der Waals surface area contributed by atoms with E-state index in [1.165, 1.54) is 17.4 Å². The number of thiazole rings is 1. The number of amides is 2. The van der Waals surface area contributed by atoms with E-state index in [2.05, 4.69) is 20.3 Å². The normalized spacial score (nSPS) is 17.7. The third-order valence-corrected chi connectivity index (χ3v) is 8.94. The Hall–Kier alpha value is -2.74. The van der Waals surface area contributed by atoms with Gasteiger partial charge in [-0.2, -0.15) is 0 Å². The molecule has 11 nitrogen and oxygen atoms in total. The first-order valence-corrected chi connectivity index (χ1v) is 15.8. The van der Waals surface area contributed by atoms with Crippen molar-refractivity contribution in [3.63, 3.8) is 0 Å². The smallest absolute Gasteiger partial charge is 0.411 e. The maximum atomic E-state index is 13.4. The number of sulfonamides is 1. The highest BCUT2D eigenvalue weighted by Crippen LogP contribution is 2.39. The van der Waals surface area contributed by atoms with Crippen molar-refractivity contribution < 1.29 is 27.5 Å². The molecule has 2 amide bonds. The molecular weight excluding hydrogens is 554 g/mol. The van der Waals surface area contributed by atoms with E-state index < -0.39 is 22.2 Å². The molecule has 1 aromatic carbocycles. The number of rotatable bonds is 11. The summed E-state index contributed by atoms with van der Waals surface area (Å²) >= 11 is 1.47. The van der Waals surface area contributed by atoms with Gasteiger partial charge in [-0.25, -0.2) is 27.7 Å². The van der Waals surface area contributed by atoms with Gasteiger partial charge in [-0.15, -0.1) is 11.3 Å². The van der Waals surface area contributed by atoms with E-state index in [1.807, 2.05) is 32.8 Å². The molecule has 0 unspecified atom stereocenters. The number of hydrogen-bond acceptors (Lipinski definition) is 9. The first-order valence-electron chi connectivity index (χ1n) is 13.5. The van der Waals surface area contributed by atoms with Crippen LogP contribution in [0.15, 0.2) is 29.3 Å². The zero-order valence-electron chi connectivity index (χ0n) is 24.0. The van der Waals surface area contributed by atoms with Gasteiger partial charge < -0.3 is 19.7 Å². The van der Waals surface area contributed by atoms with Crippen molar-refractivity contribution in [3.05, 3.63) is 29.4 Å².